The molecule has 0 amide bonds. The number of rotatable bonds is 3. The van der Waals surface area contributed by atoms with E-state index < -0.39 is 0 Å². The van der Waals surface area contributed by atoms with Crippen LogP contribution in [0, 0.1) is 0 Å². The lowest BCUT2D eigenvalue weighted by Crippen LogP contribution is -1.98. The van der Waals surface area contributed by atoms with E-state index in [0.717, 1.165) is 0 Å². The highest BCUT2D eigenvalue weighted by molar-refractivity contribution is 7.26. The van der Waals surface area contributed by atoms with E-state index in [-0.39, 0.29) is 0 Å². The van der Waals surface area contributed by atoms with Crippen LogP contribution in [0.4, 0.5) is 0 Å². The lowest BCUT2D eigenvalue weighted by atomic mass is 10.0. The SMILES string of the molecule is c1cc(-c2ccccc2-n2c3ccccc3c3ccccc32)cc(-n2c3ccccc3c3ccc4c5ccccc5sc4c32)c1. The predicted molar refractivity (Wildman–Crippen MR) is 193 cm³/mol. The normalized spacial score (nSPS) is 12.0. The molecule has 0 aliphatic heterocycles. The standard InChI is InChI=1S/C42H26N2S/c1-6-19-36(44-38-21-8-2-15-30(38)31-16-3-9-22-39(31)44)29(14-1)27-12-11-13-28(26-27)43-37-20-7-4-17-32(37)34-24-25-35-33-18-5-10-23-40(33)45-42(35)41(34)43/h1-26H. The Bertz CT molecular complexity index is 2720. The van der Waals surface area contributed by atoms with E-state index in [9.17, 15) is 0 Å². The second-order valence-electron chi connectivity index (χ2n) is 11.7. The molecule has 3 heteroatoms. The summed E-state index contributed by atoms with van der Waals surface area (Å²) in [7, 11) is 0. The summed E-state index contributed by atoms with van der Waals surface area (Å²) < 4.78 is 7.56. The summed E-state index contributed by atoms with van der Waals surface area (Å²) in [6, 6.07) is 57.6. The van der Waals surface area contributed by atoms with Crippen molar-refractivity contribution in [1.82, 2.24) is 9.13 Å². The van der Waals surface area contributed by atoms with Crippen LogP contribution < -0.4 is 0 Å². The summed E-state index contributed by atoms with van der Waals surface area (Å²) in [5.41, 5.74) is 9.70. The van der Waals surface area contributed by atoms with Crippen LogP contribution in [0.1, 0.15) is 0 Å². The number of hydrogen-bond acceptors (Lipinski definition) is 1. The number of thiophene rings is 1. The van der Waals surface area contributed by atoms with Gasteiger partial charge in [-0.2, -0.15) is 0 Å². The largest absolute Gasteiger partial charge is 0.309 e. The van der Waals surface area contributed by atoms with E-state index in [0.29, 0.717) is 0 Å². The second-order valence-corrected chi connectivity index (χ2v) is 12.8. The van der Waals surface area contributed by atoms with Gasteiger partial charge in [-0.05, 0) is 48.0 Å². The molecule has 0 bridgehead atoms. The molecule has 210 valence electrons. The van der Waals surface area contributed by atoms with Crippen molar-refractivity contribution in [1.29, 1.82) is 0 Å². The molecule has 0 N–H and O–H groups in total. The summed E-state index contributed by atoms with van der Waals surface area (Å²) in [6.07, 6.45) is 0. The van der Waals surface area contributed by atoms with Crippen LogP contribution in [-0.4, -0.2) is 9.13 Å². The van der Waals surface area contributed by atoms with E-state index in [1.54, 1.807) is 0 Å². The maximum Gasteiger partial charge on any atom is 0.0719 e. The summed E-state index contributed by atoms with van der Waals surface area (Å²) in [5.74, 6) is 0. The van der Waals surface area contributed by atoms with Crippen molar-refractivity contribution in [2.75, 3.05) is 0 Å². The minimum Gasteiger partial charge on any atom is -0.309 e. The van der Waals surface area contributed by atoms with Crippen LogP contribution in [0.2, 0.25) is 0 Å². The molecule has 0 aliphatic rings. The molecule has 7 aromatic carbocycles. The molecule has 0 fully saturated rings. The van der Waals surface area contributed by atoms with Gasteiger partial charge in [-0.3, -0.25) is 0 Å². The van der Waals surface area contributed by atoms with E-state index in [1.165, 1.54) is 86.3 Å². The van der Waals surface area contributed by atoms with Gasteiger partial charge in [0.05, 0.1) is 32.5 Å². The van der Waals surface area contributed by atoms with Crippen LogP contribution in [0.25, 0.3) is 86.3 Å². The van der Waals surface area contributed by atoms with Gasteiger partial charge in [0.2, 0.25) is 0 Å². The highest BCUT2D eigenvalue weighted by Gasteiger charge is 2.19. The maximum absolute atomic E-state index is 2.48. The molecule has 0 aliphatic carbocycles. The predicted octanol–water partition coefficient (Wildman–Crippen LogP) is 11.9. The highest BCUT2D eigenvalue weighted by atomic mass is 32.1. The lowest BCUT2D eigenvalue weighted by Gasteiger charge is -2.15. The lowest BCUT2D eigenvalue weighted by molar-refractivity contribution is 1.17. The third-order valence-electron chi connectivity index (χ3n) is 9.32. The number of fused-ring (bicyclic) bond motifs is 10. The molecule has 2 nitrogen and oxygen atoms in total. The Morgan fingerprint density at radius 1 is 0.400 bits per heavy atom. The molecular weight excluding hydrogens is 565 g/mol. The van der Waals surface area contributed by atoms with Crippen molar-refractivity contribution >= 4 is 75.1 Å². The Labute approximate surface area is 263 Å². The Balaban J connectivity index is 1.26. The summed E-state index contributed by atoms with van der Waals surface area (Å²) in [6.45, 7) is 0. The van der Waals surface area contributed by atoms with Crippen molar-refractivity contribution < 1.29 is 0 Å². The molecule has 10 rings (SSSR count). The average Bonchev–Trinajstić information content (AvgIpc) is 3.76. The van der Waals surface area contributed by atoms with Crippen molar-refractivity contribution in [3.63, 3.8) is 0 Å². The van der Waals surface area contributed by atoms with Crippen molar-refractivity contribution in [3.8, 4) is 22.5 Å². The number of benzene rings is 7. The fourth-order valence-corrected chi connectivity index (χ4v) is 8.65. The molecule has 0 saturated heterocycles. The zero-order valence-corrected chi connectivity index (χ0v) is 25.1. The summed E-state index contributed by atoms with van der Waals surface area (Å²) in [5, 5.41) is 7.76. The summed E-state index contributed by atoms with van der Waals surface area (Å²) >= 11 is 1.89. The molecule has 0 saturated carbocycles. The van der Waals surface area contributed by atoms with Crippen molar-refractivity contribution in [2.45, 2.75) is 0 Å². The van der Waals surface area contributed by atoms with Gasteiger partial charge in [0.15, 0.2) is 0 Å². The smallest absolute Gasteiger partial charge is 0.0719 e. The molecule has 0 unspecified atom stereocenters. The Morgan fingerprint density at radius 2 is 0.978 bits per heavy atom. The van der Waals surface area contributed by atoms with Gasteiger partial charge < -0.3 is 9.13 Å². The monoisotopic (exact) mass is 590 g/mol. The molecule has 0 radical (unpaired) electrons. The number of aromatic nitrogens is 2. The van der Waals surface area contributed by atoms with Crippen LogP contribution in [0.5, 0.6) is 0 Å². The van der Waals surface area contributed by atoms with E-state index >= 15 is 0 Å². The molecule has 10 aromatic rings. The van der Waals surface area contributed by atoms with Crippen LogP contribution in [0.3, 0.4) is 0 Å². The average molecular weight is 591 g/mol. The van der Waals surface area contributed by atoms with Gasteiger partial charge in [-0.1, -0.05) is 115 Å². The van der Waals surface area contributed by atoms with E-state index in [4.69, 9.17) is 0 Å². The van der Waals surface area contributed by atoms with Gasteiger partial charge in [0, 0.05) is 48.3 Å². The minimum absolute atomic E-state index is 1.17. The number of hydrogen-bond donors (Lipinski definition) is 0. The van der Waals surface area contributed by atoms with Gasteiger partial charge in [-0.25, -0.2) is 0 Å². The van der Waals surface area contributed by atoms with E-state index in [2.05, 4.69) is 167 Å². The fourth-order valence-electron chi connectivity index (χ4n) is 7.41. The van der Waals surface area contributed by atoms with Crippen molar-refractivity contribution in [2.24, 2.45) is 0 Å². The first-order chi connectivity index (χ1) is 22.3. The second kappa shape index (κ2) is 9.43. The zero-order valence-electron chi connectivity index (χ0n) is 24.3. The quantitative estimate of drug-likeness (QED) is 0.194. The van der Waals surface area contributed by atoms with Crippen molar-refractivity contribution in [3.05, 3.63) is 158 Å². The third-order valence-corrected chi connectivity index (χ3v) is 10.5. The van der Waals surface area contributed by atoms with Gasteiger partial charge in [0.25, 0.3) is 0 Å². The Kier molecular flexibility index (Phi) is 5.19. The van der Waals surface area contributed by atoms with Crippen LogP contribution >= 0.6 is 11.3 Å². The van der Waals surface area contributed by atoms with Gasteiger partial charge in [-0.15, -0.1) is 11.3 Å². The van der Waals surface area contributed by atoms with Crippen LogP contribution in [-0.2, 0) is 0 Å². The molecular formula is C42H26N2S. The molecule has 3 heterocycles. The first-order valence-electron chi connectivity index (χ1n) is 15.4. The van der Waals surface area contributed by atoms with Gasteiger partial charge in [0.1, 0.15) is 0 Å². The number of para-hydroxylation sites is 4. The topological polar surface area (TPSA) is 9.86 Å². The maximum atomic E-state index is 2.48. The first kappa shape index (κ1) is 24.8. The molecule has 0 atom stereocenters. The minimum atomic E-state index is 1.17. The molecule has 3 aromatic heterocycles. The molecule has 45 heavy (non-hydrogen) atoms. The first-order valence-corrected chi connectivity index (χ1v) is 16.2. The third kappa shape index (κ3) is 3.50. The summed E-state index contributed by atoms with van der Waals surface area (Å²) in [4.78, 5) is 0. The van der Waals surface area contributed by atoms with Gasteiger partial charge >= 0.3 is 0 Å². The van der Waals surface area contributed by atoms with Crippen LogP contribution in [0.15, 0.2) is 158 Å². The van der Waals surface area contributed by atoms with E-state index in [1.807, 2.05) is 11.3 Å². The zero-order chi connectivity index (χ0) is 29.5. The Hall–Kier alpha value is -5.64. The molecule has 0 spiro atoms. The fraction of sp³-hybridized carbons (Fsp3) is 0. The Morgan fingerprint density at radius 3 is 1.73 bits per heavy atom. The highest BCUT2D eigenvalue weighted by Crippen LogP contribution is 2.43. The number of nitrogens with zero attached hydrogens (tertiary/aromatic N) is 2.